The van der Waals surface area contributed by atoms with Crippen molar-refractivity contribution in [2.75, 3.05) is 0 Å². The molecular weight excluding hydrogens is 629 g/mol. The van der Waals surface area contributed by atoms with Gasteiger partial charge >= 0.3 is 0 Å². The Labute approximate surface area is 301 Å². The number of hydrogen-bond acceptors (Lipinski definition) is 0. The van der Waals surface area contributed by atoms with E-state index in [9.17, 15) is 0 Å². The van der Waals surface area contributed by atoms with E-state index >= 15 is 0 Å². The summed E-state index contributed by atoms with van der Waals surface area (Å²) in [5, 5.41) is 5.15. The summed E-state index contributed by atoms with van der Waals surface area (Å²) in [6, 6.07) is 58.6. The van der Waals surface area contributed by atoms with Crippen LogP contribution in [0.2, 0.25) is 0 Å². The van der Waals surface area contributed by atoms with Gasteiger partial charge in [-0.1, -0.05) is 146 Å². The highest BCUT2D eigenvalue weighted by molar-refractivity contribution is 6.18. The molecule has 9 aromatic rings. The number of hydrogen-bond donors (Lipinski definition) is 0. The van der Waals surface area contributed by atoms with Gasteiger partial charge in [0.25, 0.3) is 0 Å². The van der Waals surface area contributed by atoms with Crippen molar-refractivity contribution in [3.05, 3.63) is 210 Å². The van der Waals surface area contributed by atoms with Gasteiger partial charge in [-0.3, -0.25) is 0 Å². The molecule has 2 aromatic heterocycles. The molecular formula is C50H32N2. The smallest absolute Gasteiger partial charge is 0.0723 e. The van der Waals surface area contributed by atoms with Crippen molar-refractivity contribution in [3.8, 4) is 22.5 Å². The molecule has 0 amide bonds. The highest BCUT2D eigenvalue weighted by Gasteiger charge is 2.53. The van der Waals surface area contributed by atoms with E-state index in [2.05, 4.69) is 191 Å². The molecule has 52 heavy (non-hydrogen) atoms. The fourth-order valence-electron chi connectivity index (χ4n) is 10.1. The molecule has 0 N–H and O–H groups in total. The lowest BCUT2D eigenvalue weighted by molar-refractivity contribution is 0.787. The van der Waals surface area contributed by atoms with Crippen LogP contribution >= 0.6 is 0 Å². The second-order valence-corrected chi connectivity index (χ2v) is 14.3. The fraction of sp³-hybridized carbons (Fsp3) is 0.0400. The van der Waals surface area contributed by atoms with Crippen LogP contribution in [0.4, 0.5) is 0 Å². The largest absolute Gasteiger partial charge is 0.309 e. The normalized spacial score (nSPS) is 17.0. The monoisotopic (exact) mass is 660 g/mol. The second kappa shape index (κ2) is 10.2. The topological polar surface area (TPSA) is 9.86 Å². The van der Waals surface area contributed by atoms with Crippen molar-refractivity contribution in [3.63, 3.8) is 0 Å². The Hall–Kier alpha value is -6.64. The molecule has 12 rings (SSSR count). The van der Waals surface area contributed by atoms with Gasteiger partial charge in [-0.15, -0.1) is 0 Å². The van der Waals surface area contributed by atoms with Crippen LogP contribution in [0, 0.1) is 0 Å². The molecule has 1 unspecified atom stereocenters. The summed E-state index contributed by atoms with van der Waals surface area (Å²) >= 11 is 0. The van der Waals surface area contributed by atoms with Crippen molar-refractivity contribution in [2.45, 2.75) is 11.8 Å². The number of fused-ring (bicyclic) bond motifs is 17. The average molecular weight is 661 g/mol. The third-order valence-electron chi connectivity index (χ3n) is 12.0. The number of nitrogens with zero attached hydrogens (tertiary/aromatic N) is 2. The molecule has 0 bridgehead atoms. The minimum atomic E-state index is -0.475. The zero-order chi connectivity index (χ0) is 34.0. The molecule has 1 atom stereocenters. The van der Waals surface area contributed by atoms with Gasteiger partial charge in [0.05, 0.1) is 27.5 Å². The first kappa shape index (κ1) is 28.1. The number of benzene rings is 7. The van der Waals surface area contributed by atoms with Gasteiger partial charge in [0.15, 0.2) is 0 Å². The van der Waals surface area contributed by atoms with Crippen LogP contribution < -0.4 is 0 Å². The van der Waals surface area contributed by atoms with Crippen molar-refractivity contribution >= 4 is 49.2 Å². The van der Waals surface area contributed by atoms with Gasteiger partial charge in [0, 0.05) is 44.0 Å². The third-order valence-corrected chi connectivity index (χ3v) is 12.0. The van der Waals surface area contributed by atoms with E-state index in [1.54, 1.807) is 0 Å². The quantitative estimate of drug-likeness (QED) is 0.175. The summed E-state index contributed by atoms with van der Waals surface area (Å²) in [5.41, 5.74) is 17.9. The predicted octanol–water partition coefficient (Wildman–Crippen LogP) is 12.5. The lowest BCUT2D eigenvalue weighted by Gasteiger charge is -2.31. The molecule has 0 fully saturated rings. The lowest BCUT2D eigenvalue weighted by Crippen LogP contribution is -2.26. The zero-order valence-electron chi connectivity index (χ0n) is 28.4. The molecule has 3 aliphatic carbocycles. The van der Waals surface area contributed by atoms with Gasteiger partial charge in [-0.25, -0.2) is 0 Å². The molecule has 0 saturated heterocycles. The summed E-state index contributed by atoms with van der Waals surface area (Å²) < 4.78 is 5.02. The Morgan fingerprint density at radius 1 is 0.423 bits per heavy atom. The third kappa shape index (κ3) is 3.35. The Bertz CT molecular complexity index is 3080. The molecule has 0 aliphatic heterocycles. The van der Waals surface area contributed by atoms with Crippen LogP contribution in [0.3, 0.4) is 0 Å². The molecule has 2 heterocycles. The number of rotatable bonds is 2. The van der Waals surface area contributed by atoms with Crippen molar-refractivity contribution in [1.29, 1.82) is 0 Å². The molecule has 0 saturated carbocycles. The van der Waals surface area contributed by atoms with E-state index < -0.39 is 5.41 Å². The molecule has 3 aliphatic rings. The first-order valence-electron chi connectivity index (χ1n) is 18.3. The van der Waals surface area contributed by atoms with Gasteiger partial charge in [-0.05, 0) is 76.2 Å². The van der Waals surface area contributed by atoms with E-state index in [1.165, 1.54) is 99.5 Å². The maximum absolute atomic E-state index is 2.52. The van der Waals surface area contributed by atoms with Crippen LogP contribution in [0.1, 0.15) is 28.7 Å². The summed E-state index contributed by atoms with van der Waals surface area (Å²) in [6.45, 7) is 0. The molecule has 2 heteroatoms. The molecule has 2 nitrogen and oxygen atoms in total. The van der Waals surface area contributed by atoms with Gasteiger partial charge in [-0.2, -0.15) is 0 Å². The Balaban J connectivity index is 1.29. The molecule has 242 valence electrons. The summed E-state index contributed by atoms with van der Waals surface area (Å²) in [4.78, 5) is 0. The van der Waals surface area contributed by atoms with Crippen LogP contribution in [0.5, 0.6) is 0 Å². The predicted molar refractivity (Wildman–Crippen MR) is 217 cm³/mol. The van der Waals surface area contributed by atoms with E-state index in [-0.39, 0.29) is 0 Å². The second-order valence-electron chi connectivity index (χ2n) is 14.3. The first-order valence-corrected chi connectivity index (χ1v) is 18.3. The fourth-order valence-corrected chi connectivity index (χ4v) is 10.1. The average Bonchev–Trinajstić information content (AvgIpc) is 3.84. The van der Waals surface area contributed by atoms with Gasteiger partial charge in [0.1, 0.15) is 0 Å². The van der Waals surface area contributed by atoms with E-state index in [1.807, 2.05) is 0 Å². The van der Waals surface area contributed by atoms with Crippen molar-refractivity contribution < 1.29 is 0 Å². The Morgan fingerprint density at radius 3 is 1.62 bits per heavy atom. The highest BCUT2D eigenvalue weighted by atomic mass is 15.0. The van der Waals surface area contributed by atoms with Crippen LogP contribution in [-0.2, 0) is 5.41 Å². The lowest BCUT2D eigenvalue weighted by atomic mass is 9.69. The standard InChI is InChI=1S/C50H32N2/c1-4-16-32(17-5-1)51-44-26-14-11-20-34(44)36-28-30-42-46(48(36)51)38-22-8-3-9-24-40(38)50(42)41-25-13-10-23-39(41)47-43(50)31-29-37-35-21-12-15-27-45(35)52(49(37)47)33-18-6-2-7-19-33/h1-21,23-31H,22H2. The zero-order valence-corrected chi connectivity index (χ0v) is 28.4. The van der Waals surface area contributed by atoms with Gasteiger partial charge in [0.2, 0.25) is 0 Å². The van der Waals surface area contributed by atoms with Crippen molar-refractivity contribution in [2.24, 2.45) is 0 Å². The maximum atomic E-state index is 2.52. The van der Waals surface area contributed by atoms with Gasteiger partial charge < -0.3 is 9.13 Å². The maximum Gasteiger partial charge on any atom is 0.0723 e. The first-order chi connectivity index (χ1) is 25.9. The Kier molecular flexibility index (Phi) is 5.52. The molecule has 0 radical (unpaired) electrons. The van der Waals surface area contributed by atoms with E-state index in [0.29, 0.717) is 0 Å². The van der Waals surface area contributed by atoms with Crippen molar-refractivity contribution in [1.82, 2.24) is 9.13 Å². The Morgan fingerprint density at radius 2 is 0.962 bits per heavy atom. The molecule has 1 spiro atoms. The van der Waals surface area contributed by atoms with E-state index in [0.717, 1.165) is 6.42 Å². The minimum Gasteiger partial charge on any atom is -0.309 e. The number of para-hydroxylation sites is 4. The SMILES string of the molecule is C1=CCC2=C(C=C1)C1(c3ccccc3-c3c1ccc1c4ccccc4n(-c4ccccc4)c31)c1ccc3c4ccccc4n(-c4ccccc4)c3c12. The van der Waals surface area contributed by atoms with E-state index in [4.69, 9.17) is 0 Å². The minimum absolute atomic E-state index is 0.475. The van der Waals surface area contributed by atoms with Crippen LogP contribution in [0.15, 0.2) is 188 Å². The molecule has 7 aromatic carbocycles. The summed E-state index contributed by atoms with van der Waals surface area (Å²) in [7, 11) is 0. The number of aromatic nitrogens is 2. The van der Waals surface area contributed by atoms with Crippen LogP contribution in [-0.4, -0.2) is 9.13 Å². The number of allylic oxidation sites excluding steroid dienone is 6. The summed E-state index contributed by atoms with van der Waals surface area (Å²) in [6.07, 6.45) is 10.1. The highest BCUT2D eigenvalue weighted by Crippen LogP contribution is 2.65. The van der Waals surface area contributed by atoms with Crippen LogP contribution in [0.25, 0.3) is 71.7 Å². The summed E-state index contributed by atoms with van der Waals surface area (Å²) in [5.74, 6) is 0.